The number of benzene rings is 1. The highest BCUT2D eigenvalue weighted by atomic mass is 16.5. The minimum atomic E-state index is -0.212. The Bertz CT molecular complexity index is 654. The zero-order valence-corrected chi connectivity index (χ0v) is 15.2. The monoisotopic (exact) mass is 342 g/mol. The van der Waals surface area contributed by atoms with Crippen molar-refractivity contribution in [1.82, 2.24) is 9.97 Å². The molecular formula is C20H26N2O3. The van der Waals surface area contributed by atoms with Crippen LogP contribution in [0.5, 0.6) is 11.5 Å². The van der Waals surface area contributed by atoms with E-state index in [9.17, 15) is 4.79 Å². The van der Waals surface area contributed by atoms with Gasteiger partial charge in [0.15, 0.2) is 11.6 Å². The molecule has 0 saturated carbocycles. The fourth-order valence-electron chi connectivity index (χ4n) is 2.14. The van der Waals surface area contributed by atoms with Gasteiger partial charge in [-0.15, -0.1) is 0 Å². The SMILES string of the molecule is CCCCCOc1cnc(-c2ccc(OC(=O)C(C)CC)cc2)nc1. The first-order chi connectivity index (χ1) is 12.1. The number of hydrogen-bond acceptors (Lipinski definition) is 5. The van der Waals surface area contributed by atoms with Gasteiger partial charge in [0.05, 0.1) is 24.9 Å². The zero-order valence-electron chi connectivity index (χ0n) is 15.2. The van der Waals surface area contributed by atoms with E-state index in [0.29, 0.717) is 23.9 Å². The predicted octanol–water partition coefficient (Wildman–Crippen LogP) is 4.66. The number of ether oxygens (including phenoxy) is 2. The van der Waals surface area contributed by atoms with Crippen molar-refractivity contribution in [2.45, 2.75) is 46.5 Å². The molecule has 0 bridgehead atoms. The van der Waals surface area contributed by atoms with Gasteiger partial charge in [0.2, 0.25) is 0 Å². The average molecular weight is 342 g/mol. The van der Waals surface area contributed by atoms with Crippen LogP contribution in [0.1, 0.15) is 46.5 Å². The summed E-state index contributed by atoms with van der Waals surface area (Å²) in [6, 6.07) is 7.20. The maximum Gasteiger partial charge on any atom is 0.314 e. The maximum absolute atomic E-state index is 11.8. The van der Waals surface area contributed by atoms with Crippen molar-refractivity contribution in [3.8, 4) is 22.9 Å². The molecule has 25 heavy (non-hydrogen) atoms. The van der Waals surface area contributed by atoms with Gasteiger partial charge in [0.1, 0.15) is 5.75 Å². The summed E-state index contributed by atoms with van der Waals surface area (Å²) in [7, 11) is 0. The molecule has 1 aromatic heterocycles. The lowest BCUT2D eigenvalue weighted by Crippen LogP contribution is -2.16. The first kappa shape index (κ1) is 18.9. The molecule has 1 atom stereocenters. The van der Waals surface area contributed by atoms with Crippen molar-refractivity contribution in [3.05, 3.63) is 36.7 Å². The van der Waals surface area contributed by atoms with Gasteiger partial charge in [-0.2, -0.15) is 0 Å². The number of nitrogens with zero attached hydrogens (tertiary/aromatic N) is 2. The Hall–Kier alpha value is -2.43. The standard InChI is InChI=1S/C20H26N2O3/c1-4-6-7-12-24-18-13-21-19(22-14-18)16-8-10-17(11-9-16)25-20(23)15(3)5-2/h8-11,13-15H,4-7,12H2,1-3H3. The zero-order chi connectivity index (χ0) is 18.1. The van der Waals surface area contributed by atoms with E-state index < -0.39 is 0 Å². The highest BCUT2D eigenvalue weighted by molar-refractivity contribution is 5.74. The fourth-order valence-corrected chi connectivity index (χ4v) is 2.14. The lowest BCUT2D eigenvalue weighted by Gasteiger charge is -2.09. The summed E-state index contributed by atoms with van der Waals surface area (Å²) in [5.74, 6) is 1.51. The summed E-state index contributed by atoms with van der Waals surface area (Å²) >= 11 is 0. The average Bonchev–Trinajstić information content (AvgIpc) is 2.65. The summed E-state index contributed by atoms with van der Waals surface area (Å²) in [6.07, 6.45) is 7.50. The molecule has 5 nitrogen and oxygen atoms in total. The van der Waals surface area contributed by atoms with E-state index in [2.05, 4.69) is 16.9 Å². The molecule has 134 valence electrons. The third-order valence-electron chi connectivity index (χ3n) is 3.99. The van der Waals surface area contributed by atoms with Crippen LogP contribution in [0.4, 0.5) is 0 Å². The number of esters is 1. The number of carbonyl (C=O) groups excluding carboxylic acids is 1. The van der Waals surface area contributed by atoms with Gasteiger partial charge in [-0.3, -0.25) is 4.79 Å². The predicted molar refractivity (Wildman–Crippen MR) is 97.6 cm³/mol. The Kier molecular flexibility index (Phi) is 7.38. The first-order valence-electron chi connectivity index (χ1n) is 8.91. The molecule has 1 heterocycles. The van der Waals surface area contributed by atoms with E-state index in [-0.39, 0.29) is 11.9 Å². The molecule has 2 rings (SSSR count). The van der Waals surface area contributed by atoms with Crippen LogP contribution >= 0.6 is 0 Å². The van der Waals surface area contributed by atoms with Gasteiger partial charge in [0.25, 0.3) is 0 Å². The van der Waals surface area contributed by atoms with Crippen molar-refractivity contribution in [2.24, 2.45) is 5.92 Å². The number of carbonyl (C=O) groups is 1. The van der Waals surface area contributed by atoms with E-state index in [0.717, 1.165) is 24.8 Å². The molecule has 0 amide bonds. The van der Waals surface area contributed by atoms with Crippen LogP contribution in [-0.4, -0.2) is 22.5 Å². The molecule has 2 aromatic rings. The summed E-state index contributed by atoms with van der Waals surface area (Å²) in [5.41, 5.74) is 0.862. The van der Waals surface area contributed by atoms with Crippen molar-refractivity contribution in [3.63, 3.8) is 0 Å². The lowest BCUT2D eigenvalue weighted by atomic mass is 10.1. The molecule has 5 heteroatoms. The van der Waals surface area contributed by atoms with Crippen molar-refractivity contribution < 1.29 is 14.3 Å². The maximum atomic E-state index is 11.8. The van der Waals surface area contributed by atoms with Crippen LogP contribution in [-0.2, 0) is 4.79 Å². The third-order valence-corrected chi connectivity index (χ3v) is 3.99. The van der Waals surface area contributed by atoms with Gasteiger partial charge in [0, 0.05) is 5.56 Å². The smallest absolute Gasteiger partial charge is 0.314 e. The number of aromatic nitrogens is 2. The Labute approximate surface area is 149 Å². The van der Waals surface area contributed by atoms with Crippen molar-refractivity contribution in [1.29, 1.82) is 0 Å². The second-order valence-corrected chi connectivity index (χ2v) is 6.05. The van der Waals surface area contributed by atoms with Gasteiger partial charge >= 0.3 is 5.97 Å². The number of rotatable bonds is 9. The third kappa shape index (κ3) is 5.85. The Morgan fingerprint density at radius 3 is 2.32 bits per heavy atom. The Balaban J connectivity index is 1.94. The van der Waals surface area contributed by atoms with Crippen LogP contribution in [0.2, 0.25) is 0 Å². The normalized spacial score (nSPS) is 11.8. The van der Waals surface area contributed by atoms with Crippen LogP contribution < -0.4 is 9.47 Å². The minimum Gasteiger partial charge on any atom is -0.490 e. The highest BCUT2D eigenvalue weighted by Crippen LogP contribution is 2.21. The second kappa shape index (κ2) is 9.77. The van der Waals surface area contributed by atoms with Gasteiger partial charge in [-0.05, 0) is 37.1 Å². The summed E-state index contributed by atoms with van der Waals surface area (Å²) in [5, 5.41) is 0. The minimum absolute atomic E-state index is 0.104. The van der Waals surface area contributed by atoms with Crippen LogP contribution in [0, 0.1) is 5.92 Å². The molecular weight excluding hydrogens is 316 g/mol. The molecule has 1 aromatic carbocycles. The van der Waals surface area contributed by atoms with E-state index >= 15 is 0 Å². The summed E-state index contributed by atoms with van der Waals surface area (Å²) in [4.78, 5) is 20.5. The van der Waals surface area contributed by atoms with Gasteiger partial charge < -0.3 is 9.47 Å². The molecule has 0 aliphatic carbocycles. The van der Waals surface area contributed by atoms with Gasteiger partial charge in [-0.25, -0.2) is 9.97 Å². The van der Waals surface area contributed by atoms with E-state index in [4.69, 9.17) is 9.47 Å². The van der Waals surface area contributed by atoms with Crippen molar-refractivity contribution >= 4 is 5.97 Å². The Morgan fingerprint density at radius 2 is 1.72 bits per heavy atom. The molecule has 0 spiro atoms. The molecule has 0 N–H and O–H groups in total. The topological polar surface area (TPSA) is 61.3 Å². The lowest BCUT2D eigenvalue weighted by molar-refractivity contribution is -0.138. The van der Waals surface area contributed by atoms with Crippen LogP contribution in [0.25, 0.3) is 11.4 Å². The molecule has 0 aliphatic heterocycles. The molecule has 0 aliphatic rings. The van der Waals surface area contributed by atoms with E-state index in [1.54, 1.807) is 24.5 Å². The first-order valence-corrected chi connectivity index (χ1v) is 8.91. The molecule has 1 unspecified atom stereocenters. The van der Waals surface area contributed by atoms with Gasteiger partial charge in [-0.1, -0.05) is 33.6 Å². The highest BCUT2D eigenvalue weighted by Gasteiger charge is 2.13. The molecule has 0 fully saturated rings. The van der Waals surface area contributed by atoms with Crippen molar-refractivity contribution in [2.75, 3.05) is 6.61 Å². The molecule has 0 radical (unpaired) electrons. The van der Waals surface area contributed by atoms with Crippen LogP contribution in [0.15, 0.2) is 36.7 Å². The van der Waals surface area contributed by atoms with E-state index in [1.807, 2.05) is 26.0 Å². The molecule has 0 saturated heterocycles. The number of unbranched alkanes of at least 4 members (excludes halogenated alkanes) is 2. The number of hydrogen-bond donors (Lipinski definition) is 0. The quantitative estimate of drug-likeness (QED) is 0.377. The summed E-state index contributed by atoms with van der Waals surface area (Å²) < 4.78 is 11.0. The summed E-state index contributed by atoms with van der Waals surface area (Å²) in [6.45, 7) is 6.67. The van der Waals surface area contributed by atoms with E-state index in [1.165, 1.54) is 6.42 Å². The Morgan fingerprint density at radius 1 is 1.04 bits per heavy atom. The second-order valence-electron chi connectivity index (χ2n) is 6.05. The fraction of sp³-hybridized carbons (Fsp3) is 0.450. The van der Waals surface area contributed by atoms with Crippen LogP contribution in [0.3, 0.4) is 0 Å². The largest absolute Gasteiger partial charge is 0.490 e.